The summed E-state index contributed by atoms with van der Waals surface area (Å²) in [5, 5.41) is 2.98. The van der Waals surface area contributed by atoms with E-state index < -0.39 is 11.6 Å². The summed E-state index contributed by atoms with van der Waals surface area (Å²) in [6.07, 6.45) is 2.23. The lowest BCUT2D eigenvalue weighted by atomic mass is 10.2. The maximum atomic E-state index is 13.5. The summed E-state index contributed by atoms with van der Waals surface area (Å²) < 4.78 is 27.1. The van der Waals surface area contributed by atoms with E-state index >= 15 is 0 Å². The summed E-state index contributed by atoms with van der Waals surface area (Å²) in [4.78, 5) is 8.79. The van der Waals surface area contributed by atoms with E-state index in [-0.39, 0.29) is 12.1 Å². The van der Waals surface area contributed by atoms with Crippen molar-refractivity contribution in [2.24, 2.45) is 0 Å². The molecule has 0 spiro atoms. The molecule has 1 aromatic carbocycles. The minimum atomic E-state index is -0.550. The third kappa shape index (κ3) is 2.76. The second-order valence-corrected chi connectivity index (χ2v) is 5.08. The maximum absolute atomic E-state index is 13.5. The van der Waals surface area contributed by atoms with E-state index in [0.29, 0.717) is 11.7 Å². The van der Waals surface area contributed by atoms with Crippen LogP contribution in [0.4, 0.5) is 14.6 Å². The van der Waals surface area contributed by atoms with Crippen LogP contribution in [0, 0.1) is 18.6 Å². The van der Waals surface area contributed by atoms with Gasteiger partial charge in [0.1, 0.15) is 23.3 Å². The number of hydrogen-bond donors (Lipinski definition) is 1. The Hall–Kier alpha value is -2.04. The van der Waals surface area contributed by atoms with Gasteiger partial charge in [0, 0.05) is 29.8 Å². The van der Waals surface area contributed by atoms with Gasteiger partial charge in [0.2, 0.25) is 0 Å². The topological polar surface area (TPSA) is 37.8 Å². The lowest BCUT2D eigenvalue weighted by Gasteiger charge is -2.09. The van der Waals surface area contributed by atoms with Gasteiger partial charge < -0.3 is 5.32 Å². The van der Waals surface area contributed by atoms with E-state index in [1.807, 2.05) is 6.92 Å². The van der Waals surface area contributed by atoms with E-state index in [1.165, 1.54) is 18.2 Å². The van der Waals surface area contributed by atoms with Crippen molar-refractivity contribution in [2.45, 2.75) is 32.2 Å². The highest BCUT2D eigenvalue weighted by atomic mass is 19.1. The molecule has 1 aliphatic carbocycles. The predicted molar refractivity (Wildman–Crippen MR) is 72.4 cm³/mol. The highest BCUT2D eigenvalue weighted by Gasteiger charge is 2.27. The first-order valence-electron chi connectivity index (χ1n) is 6.66. The molecular formula is C15H15F2N3. The molecule has 0 aliphatic heterocycles. The van der Waals surface area contributed by atoms with Gasteiger partial charge in [-0.05, 0) is 31.9 Å². The molecule has 1 aliphatic rings. The van der Waals surface area contributed by atoms with Gasteiger partial charge in [0.25, 0.3) is 0 Å². The fourth-order valence-electron chi connectivity index (χ4n) is 2.09. The quantitative estimate of drug-likeness (QED) is 0.927. The van der Waals surface area contributed by atoms with Crippen LogP contribution >= 0.6 is 0 Å². The average molecular weight is 275 g/mol. The minimum Gasteiger partial charge on any atom is -0.366 e. The number of hydrogen-bond acceptors (Lipinski definition) is 3. The highest BCUT2D eigenvalue weighted by Crippen LogP contribution is 2.38. The van der Waals surface area contributed by atoms with E-state index in [9.17, 15) is 8.78 Å². The van der Waals surface area contributed by atoms with Crippen LogP contribution in [0.2, 0.25) is 0 Å². The van der Waals surface area contributed by atoms with Crippen molar-refractivity contribution in [3.63, 3.8) is 0 Å². The molecule has 1 aromatic heterocycles. The number of benzene rings is 1. The van der Waals surface area contributed by atoms with Crippen molar-refractivity contribution in [1.29, 1.82) is 0 Å². The number of halogens is 2. The van der Waals surface area contributed by atoms with Crippen LogP contribution in [0.5, 0.6) is 0 Å². The standard InChI is InChI=1S/C15H15F2N3/c1-9-7-14(20-15(19-9)10-5-6-10)18-8-11-12(16)3-2-4-13(11)17/h2-4,7,10H,5-6,8H2,1H3,(H,18,19,20). The fraction of sp³-hybridized carbons (Fsp3) is 0.333. The average Bonchev–Trinajstić information content (AvgIpc) is 3.21. The Balaban J connectivity index is 1.78. The normalized spacial score (nSPS) is 14.3. The number of anilines is 1. The number of nitrogens with one attached hydrogen (secondary N) is 1. The Labute approximate surface area is 116 Å². The first kappa shape index (κ1) is 13.0. The zero-order valence-corrected chi connectivity index (χ0v) is 11.2. The largest absolute Gasteiger partial charge is 0.366 e. The van der Waals surface area contributed by atoms with Crippen molar-refractivity contribution in [3.05, 3.63) is 53.0 Å². The zero-order chi connectivity index (χ0) is 14.1. The summed E-state index contributed by atoms with van der Waals surface area (Å²) in [5.41, 5.74) is 0.884. The van der Waals surface area contributed by atoms with E-state index in [4.69, 9.17) is 0 Å². The molecule has 0 radical (unpaired) electrons. The van der Waals surface area contributed by atoms with Gasteiger partial charge in [-0.1, -0.05) is 6.07 Å². The maximum Gasteiger partial charge on any atom is 0.134 e. The Kier molecular flexibility index (Phi) is 3.34. The second kappa shape index (κ2) is 5.15. The second-order valence-electron chi connectivity index (χ2n) is 5.08. The first-order valence-corrected chi connectivity index (χ1v) is 6.66. The van der Waals surface area contributed by atoms with Crippen molar-refractivity contribution >= 4 is 5.82 Å². The zero-order valence-electron chi connectivity index (χ0n) is 11.2. The molecule has 5 heteroatoms. The van der Waals surface area contributed by atoms with E-state index in [2.05, 4.69) is 15.3 Å². The van der Waals surface area contributed by atoms with Gasteiger partial charge in [-0.25, -0.2) is 18.7 Å². The van der Waals surface area contributed by atoms with Crippen molar-refractivity contribution in [2.75, 3.05) is 5.32 Å². The van der Waals surface area contributed by atoms with Gasteiger partial charge in [-0.3, -0.25) is 0 Å². The SMILES string of the molecule is Cc1cc(NCc2c(F)cccc2F)nc(C2CC2)n1. The van der Waals surface area contributed by atoms with Crippen LogP contribution in [0.25, 0.3) is 0 Å². The van der Waals surface area contributed by atoms with Gasteiger partial charge in [0.15, 0.2) is 0 Å². The van der Waals surface area contributed by atoms with Gasteiger partial charge >= 0.3 is 0 Å². The lowest BCUT2D eigenvalue weighted by Crippen LogP contribution is -2.08. The Morgan fingerprint density at radius 1 is 1.20 bits per heavy atom. The molecule has 3 rings (SSSR count). The molecule has 0 bridgehead atoms. The number of rotatable bonds is 4. The molecule has 0 atom stereocenters. The van der Waals surface area contributed by atoms with Crippen LogP contribution in [-0.2, 0) is 6.54 Å². The minimum absolute atomic E-state index is 0.0248. The number of aromatic nitrogens is 2. The van der Waals surface area contributed by atoms with Crippen molar-refractivity contribution in [1.82, 2.24) is 9.97 Å². The molecule has 1 heterocycles. The molecule has 0 amide bonds. The highest BCUT2D eigenvalue weighted by molar-refractivity contribution is 5.38. The van der Waals surface area contributed by atoms with Crippen LogP contribution in [0.3, 0.4) is 0 Å². The first-order chi connectivity index (χ1) is 9.63. The lowest BCUT2D eigenvalue weighted by molar-refractivity contribution is 0.560. The van der Waals surface area contributed by atoms with Gasteiger partial charge in [-0.15, -0.1) is 0 Å². The summed E-state index contributed by atoms with van der Waals surface area (Å²) >= 11 is 0. The van der Waals surface area contributed by atoms with Crippen molar-refractivity contribution < 1.29 is 8.78 Å². The Morgan fingerprint density at radius 3 is 2.55 bits per heavy atom. The van der Waals surface area contributed by atoms with Crippen LogP contribution in [-0.4, -0.2) is 9.97 Å². The molecule has 1 N–H and O–H groups in total. The van der Waals surface area contributed by atoms with Crippen LogP contribution < -0.4 is 5.32 Å². The third-order valence-electron chi connectivity index (χ3n) is 3.32. The summed E-state index contributed by atoms with van der Waals surface area (Å²) in [6.45, 7) is 1.96. The molecular weight excluding hydrogens is 260 g/mol. The molecule has 3 nitrogen and oxygen atoms in total. The Bertz CT molecular complexity index is 619. The number of nitrogens with zero attached hydrogens (tertiary/aromatic N) is 2. The fourth-order valence-corrected chi connectivity index (χ4v) is 2.09. The van der Waals surface area contributed by atoms with Crippen LogP contribution in [0.15, 0.2) is 24.3 Å². The van der Waals surface area contributed by atoms with Gasteiger partial charge in [-0.2, -0.15) is 0 Å². The molecule has 104 valence electrons. The molecule has 20 heavy (non-hydrogen) atoms. The molecule has 1 saturated carbocycles. The smallest absolute Gasteiger partial charge is 0.134 e. The molecule has 2 aromatic rings. The molecule has 0 saturated heterocycles. The van der Waals surface area contributed by atoms with E-state index in [1.54, 1.807) is 6.07 Å². The third-order valence-corrected chi connectivity index (χ3v) is 3.32. The summed E-state index contributed by atoms with van der Waals surface area (Å²) in [5.74, 6) is 0.778. The monoisotopic (exact) mass is 275 g/mol. The van der Waals surface area contributed by atoms with Crippen LogP contribution in [0.1, 0.15) is 35.8 Å². The summed E-state index contributed by atoms with van der Waals surface area (Å²) in [6, 6.07) is 5.64. The molecule has 1 fully saturated rings. The van der Waals surface area contributed by atoms with E-state index in [0.717, 1.165) is 24.4 Å². The molecule has 0 unspecified atom stereocenters. The van der Waals surface area contributed by atoms with Crippen molar-refractivity contribution in [3.8, 4) is 0 Å². The Morgan fingerprint density at radius 2 is 1.90 bits per heavy atom. The predicted octanol–water partition coefficient (Wildman–Crippen LogP) is 3.55. The summed E-state index contributed by atoms with van der Waals surface area (Å²) in [7, 11) is 0. The number of aryl methyl sites for hydroxylation is 1. The van der Waals surface area contributed by atoms with Gasteiger partial charge in [0.05, 0.1) is 0 Å².